The Labute approximate surface area is 187 Å². The largest absolute Gasteiger partial charge is 0.462 e. The van der Waals surface area contributed by atoms with Crippen LogP contribution in [0, 0.1) is 0 Å². The van der Waals surface area contributed by atoms with Gasteiger partial charge in [0.1, 0.15) is 6.61 Å². The van der Waals surface area contributed by atoms with Gasteiger partial charge in [0.2, 0.25) is 0 Å². The molecular weight excluding hydrogens is 396 g/mol. The van der Waals surface area contributed by atoms with Gasteiger partial charge in [0.05, 0.1) is 18.8 Å². The van der Waals surface area contributed by atoms with Crippen molar-refractivity contribution in [1.29, 1.82) is 0 Å². The molecule has 1 rings (SSSR count). The van der Waals surface area contributed by atoms with Crippen molar-refractivity contribution in [2.75, 3.05) is 13.2 Å². The Bertz CT molecular complexity index is 581. The zero-order chi connectivity index (χ0) is 22.7. The van der Waals surface area contributed by atoms with E-state index in [1.807, 2.05) is 0 Å². The van der Waals surface area contributed by atoms with Crippen molar-refractivity contribution >= 4 is 11.9 Å². The van der Waals surface area contributed by atoms with Crippen molar-refractivity contribution in [2.24, 2.45) is 0 Å². The van der Waals surface area contributed by atoms with Crippen LogP contribution in [0.2, 0.25) is 0 Å². The topological polar surface area (TPSA) is 85.4 Å². The Balaban J connectivity index is 1.97. The number of aliphatic hydroxyl groups excluding tert-OH is 1. The van der Waals surface area contributed by atoms with Crippen molar-refractivity contribution < 1.29 is 28.9 Å². The number of carbonyl (C=O) groups excluding carboxylic acids is 2. The van der Waals surface area contributed by atoms with Crippen LogP contribution < -0.4 is 0 Å². The zero-order valence-corrected chi connectivity index (χ0v) is 19.2. The van der Waals surface area contributed by atoms with Crippen LogP contribution in [0.15, 0.2) is 36.5 Å². The predicted octanol–water partition coefficient (Wildman–Crippen LogP) is 4.81. The fraction of sp³-hybridized carbons (Fsp3) is 0.680. The first-order valence-corrected chi connectivity index (χ1v) is 11.6. The molecule has 0 spiro atoms. The van der Waals surface area contributed by atoms with Crippen LogP contribution in [0.3, 0.4) is 0 Å². The number of hydrogen-bond acceptors (Lipinski definition) is 6. The highest BCUT2D eigenvalue weighted by Gasteiger charge is 2.35. The van der Waals surface area contributed by atoms with Crippen molar-refractivity contribution in [2.45, 2.75) is 96.4 Å². The average Bonchev–Trinajstić information content (AvgIpc) is 3.50. The highest BCUT2D eigenvalue weighted by molar-refractivity contribution is 5.69. The molecule has 1 aliphatic rings. The molecule has 1 heterocycles. The fourth-order valence-electron chi connectivity index (χ4n) is 3.05. The number of esters is 2. The zero-order valence-electron chi connectivity index (χ0n) is 19.2. The number of carbonyl (C=O) groups is 2. The van der Waals surface area contributed by atoms with Crippen LogP contribution in [-0.2, 0) is 23.8 Å². The molecule has 2 unspecified atom stereocenters. The van der Waals surface area contributed by atoms with E-state index in [2.05, 4.69) is 43.4 Å². The molecule has 0 saturated carbocycles. The van der Waals surface area contributed by atoms with Gasteiger partial charge in [-0.05, 0) is 44.9 Å². The van der Waals surface area contributed by atoms with Crippen molar-refractivity contribution in [3.05, 3.63) is 36.5 Å². The van der Waals surface area contributed by atoms with Crippen LogP contribution in [0.1, 0.15) is 78.1 Å². The van der Waals surface area contributed by atoms with Crippen LogP contribution in [0.5, 0.6) is 0 Å². The summed E-state index contributed by atoms with van der Waals surface area (Å²) in [5.41, 5.74) is 0. The lowest BCUT2D eigenvalue weighted by molar-refractivity contribution is -0.159. The second-order valence-corrected chi connectivity index (χ2v) is 7.82. The quantitative estimate of drug-likeness (QED) is 0.144. The van der Waals surface area contributed by atoms with Gasteiger partial charge in [-0.1, -0.05) is 56.2 Å². The molecule has 1 fully saturated rings. The Kier molecular flexibility index (Phi) is 15.5. The summed E-state index contributed by atoms with van der Waals surface area (Å²) >= 11 is 0. The molecule has 176 valence electrons. The molecule has 0 aromatic heterocycles. The van der Waals surface area contributed by atoms with E-state index in [9.17, 15) is 9.59 Å². The van der Waals surface area contributed by atoms with Gasteiger partial charge in [0.25, 0.3) is 0 Å². The number of hydrogen-bond donors (Lipinski definition) is 1. The van der Waals surface area contributed by atoms with E-state index in [1.165, 1.54) is 32.6 Å². The molecule has 1 N–H and O–H groups in total. The maximum absolute atomic E-state index is 11.6. The summed E-state index contributed by atoms with van der Waals surface area (Å²) in [5.74, 6) is -0.863. The lowest BCUT2D eigenvalue weighted by Gasteiger charge is -2.14. The van der Waals surface area contributed by atoms with Crippen molar-refractivity contribution in [3.63, 3.8) is 0 Å². The van der Waals surface area contributed by atoms with Crippen LogP contribution in [0.4, 0.5) is 0 Å². The highest BCUT2D eigenvalue weighted by atomic mass is 16.6. The van der Waals surface area contributed by atoms with E-state index in [1.54, 1.807) is 0 Å². The second kappa shape index (κ2) is 17.7. The molecule has 3 atom stereocenters. The van der Waals surface area contributed by atoms with Gasteiger partial charge in [-0.2, -0.15) is 0 Å². The molecule has 1 saturated heterocycles. The van der Waals surface area contributed by atoms with Crippen molar-refractivity contribution in [3.8, 4) is 0 Å². The van der Waals surface area contributed by atoms with Gasteiger partial charge in [-0.25, -0.2) is 0 Å². The number of unbranched alkanes of at least 4 members (excludes halogenated alkanes) is 4. The van der Waals surface area contributed by atoms with Gasteiger partial charge in [0, 0.05) is 13.3 Å². The number of epoxide rings is 1. The number of allylic oxidation sites excluding steroid dienone is 4. The smallest absolute Gasteiger partial charge is 0.305 e. The van der Waals surface area contributed by atoms with Gasteiger partial charge in [0.15, 0.2) is 6.10 Å². The maximum atomic E-state index is 11.6. The Morgan fingerprint density at radius 3 is 2.29 bits per heavy atom. The highest BCUT2D eigenvalue weighted by Crippen LogP contribution is 2.29. The van der Waals surface area contributed by atoms with Gasteiger partial charge >= 0.3 is 11.9 Å². The summed E-state index contributed by atoms with van der Waals surface area (Å²) in [4.78, 5) is 22.5. The first-order chi connectivity index (χ1) is 15.1. The molecule has 0 radical (unpaired) electrons. The van der Waals surface area contributed by atoms with Crippen LogP contribution in [-0.4, -0.2) is 48.6 Å². The summed E-state index contributed by atoms with van der Waals surface area (Å²) in [5, 5.41) is 9.04. The maximum Gasteiger partial charge on any atom is 0.305 e. The SMILES string of the molecule is CCCCC/C=C\CC1OC1C/C=C\C/C=C\CCCC(=O)OC[C@H](CO)OC(C)=O. The molecule has 0 aromatic carbocycles. The summed E-state index contributed by atoms with van der Waals surface area (Å²) in [7, 11) is 0. The van der Waals surface area contributed by atoms with Gasteiger partial charge in [-0.15, -0.1) is 0 Å². The molecule has 0 aromatic rings. The average molecular weight is 437 g/mol. The molecule has 6 nitrogen and oxygen atoms in total. The number of rotatable bonds is 18. The number of aliphatic hydroxyl groups is 1. The summed E-state index contributed by atoms with van der Waals surface area (Å²) in [6.45, 7) is 2.99. The lowest BCUT2D eigenvalue weighted by Crippen LogP contribution is -2.27. The van der Waals surface area contributed by atoms with E-state index in [0.717, 1.165) is 25.7 Å². The molecule has 0 amide bonds. The van der Waals surface area contributed by atoms with E-state index >= 15 is 0 Å². The first-order valence-electron chi connectivity index (χ1n) is 11.6. The van der Waals surface area contributed by atoms with E-state index in [4.69, 9.17) is 19.3 Å². The molecule has 0 aliphatic carbocycles. The normalized spacial score (nSPS) is 19.3. The van der Waals surface area contributed by atoms with E-state index < -0.39 is 12.1 Å². The molecule has 0 bridgehead atoms. The number of ether oxygens (including phenoxy) is 3. The van der Waals surface area contributed by atoms with E-state index in [0.29, 0.717) is 25.0 Å². The minimum Gasteiger partial charge on any atom is -0.462 e. The third-order valence-electron chi connectivity index (χ3n) is 4.89. The standard InChI is InChI=1S/C25H40O6/c1-3-4-5-6-10-13-16-23-24(31-23)17-14-11-8-7-9-12-15-18-25(28)29-20-22(19-26)30-21(2)27/h7,9-11,13-14,22-24,26H,3-6,8,12,15-20H2,1-2H3/b9-7-,13-10-,14-11-/t22-,23?,24?/m0/s1. The third-order valence-corrected chi connectivity index (χ3v) is 4.89. The monoisotopic (exact) mass is 436 g/mol. The Hall–Kier alpha value is -1.92. The van der Waals surface area contributed by atoms with Crippen LogP contribution >= 0.6 is 0 Å². The lowest BCUT2D eigenvalue weighted by atomic mass is 10.1. The summed E-state index contributed by atoms with van der Waals surface area (Å²) in [6.07, 6.45) is 22.7. The van der Waals surface area contributed by atoms with Gasteiger partial charge in [-0.3, -0.25) is 9.59 Å². The third kappa shape index (κ3) is 15.5. The Morgan fingerprint density at radius 1 is 0.968 bits per heavy atom. The van der Waals surface area contributed by atoms with Crippen molar-refractivity contribution in [1.82, 2.24) is 0 Å². The first kappa shape index (κ1) is 27.1. The molecular formula is C25H40O6. The van der Waals surface area contributed by atoms with Gasteiger partial charge < -0.3 is 19.3 Å². The molecule has 6 heteroatoms. The fourth-order valence-corrected chi connectivity index (χ4v) is 3.05. The summed E-state index contributed by atoms with van der Waals surface area (Å²) < 4.78 is 15.5. The second-order valence-electron chi connectivity index (χ2n) is 7.82. The predicted molar refractivity (Wildman–Crippen MR) is 122 cm³/mol. The van der Waals surface area contributed by atoms with Crippen LogP contribution in [0.25, 0.3) is 0 Å². The molecule has 31 heavy (non-hydrogen) atoms. The minimum absolute atomic E-state index is 0.115. The summed E-state index contributed by atoms with van der Waals surface area (Å²) in [6, 6.07) is 0. The minimum atomic E-state index is -0.795. The molecule has 1 aliphatic heterocycles. The van der Waals surface area contributed by atoms with E-state index in [-0.39, 0.29) is 19.2 Å². The Morgan fingerprint density at radius 2 is 1.61 bits per heavy atom.